The van der Waals surface area contributed by atoms with Gasteiger partial charge in [-0.15, -0.1) is 0 Å². The van der Waals surface area contributed by atoms with Crippen molar-refractivity contribution in [3.8, 4) is 11.5 Å². The minimum Gasteiger partial charge on any atom is -0.497 e. The Bertz CT molecular complexity index is 801. The molecule has 2 rings (SSSR count). The molecule has 8 heteroatoms. The average molecular weight is 481 g/mol. The van der Waals surface area contributed by atoms with Gasteiger partial charge in [-0.05, 0) is 63.1 Å². The first kappa shape index (κ1) is 27.3. The Morgan fingerprint density at radius 2 is 1.97 bits per heavy atom. The summed E-state index contributed by atoms with van der Waals surface area (Å²) in [5, 5.41) is 0. The van der Waals surface area contributed by atoms with Crippen LogP contribution in [0.3, 0.4) is 0 Å². The second-order valence-corrected chi connectivity index (χ2v) is 16.1. The maximum absolute atomic E-state index is 13.1. The zero-order chi connectivity index (χ0) is 24.6. The summed E-state index contributed by atoms with van der Waals surface area (Å²) in [5.74, 6) is 0.763. The Kier molecular flexibility index (Phi) is 9.94. The SMILES string of the molecule is COCOc1cc(OC)cc(CCC[C@@H]2CC(C)(C)OC2C=O)c1C(=O)OCC[Si](C)(C)C. The largest absolute Gasteiger partial charge is 0.497 e. The third-order valence-corrected chi connectivity index (χ3v) is 7.55. The van der Waals surface area contributed by atoms with Crippen LogP contribution in [-0.2, 0) is 25.4 Å². The Hall–Kier alpha value is -1.90. The van der Waals surface area contributed by atoms with E-state index in [0.717, 1.165) is 37.2 Å². The molecule has 33 heavy (non-hydrogen) atoms. The van der Waals surface area contributed by atoms with Crippen LogP contribution in [0.1, 0.15) is 49.0 Å². The Morgan fingerprint density at radius 3 is 2.58 bits per heavy atom. The molecule has 2 atom stereocenters. The first-order valence-corrected chi connectivity index (χ1v) is 15.3. The molecule has 0 aliphatic carbocycles. The molecule has 7 nitrogen and oxygen atoms in total. The highest BCUT2D eigenvalue weighted by Gasteiger charge is 2.39. The van der Waals surface area contributed by atoms with Gasteiger partial charge >= 0.3 is 5.97 Å². The van der Waals surface area contributed by atoms with Crippen molar-refractivity contribution in [3.05, 3.63) is 23.3 Å². The first-order chi connectivity index (χ1) is 15.5. The normalized spacial score (nSPS) is 19.8. The summed E-state index contributed by atoms with van der Waals surface area (Å²) in [6.07, 6.45) is 3.60. The van der Waals surface area contributed by atoms with Crippen molar-refractivity contribution in [1.29, 1.82) is 0 Å². The Labute approximate surface area is 199 Å². The van der Waals surface area contributed by atoms with Gasteiger partial charge < -0.3 is 28.5 Å². The van der Waals surface area contributed by atoms with Crippen LogP contribution < -0.4 is 9.47 Å². The zero-order valence-corrected chi connectivity index (χ0v) is 22.2. The lowest BCUT2D eigenvalue weighted by Gasteiger charge is -2.19. The van der Waals surface area contributed by atoms with E-state index in [9.17, 15) is 9.59 Å². The molecular formula is C25H40O7Si. The molecule has 0 radical (unpaired) electrons. The van der Waals surface area contributed by atoms with Crippen LogP contribution in [0, 0.1) is 5.92 Å². The van der Waals surface area contributed by atoms with Gasteiger partial charge in [0.25, 0.3) is 0 Å². The Balaban J connectivity index is 2.21. The van der Waals surface area contributed by atoms with Crippen molar-refractivity contribution in [3.63, 3.8) is 0 Å². The van der Waals surface area contributed by atoms with E-state index in [-0.39, 0.29) is 24.4 Å². The standard InChI is InChI=1S/C25H40O7Si/c1-25(2)15-19(22(16-26)32-25)10-8-9-18-13-20(29-4)14-21(31-17-28-3)23(18)24(27)30-11-12-33(5,6)7/h13-14,16,19,22H,8-12,15,17H2,1-7H3/t19-,22?/m1/s1. The van der Waals surface area contributed by atoms with Crippen LogP contribution in [0.2, 0.25) is 25.7 Å². The second-order valence-electron chi connectivity index (χ2n) is 10.5. The van der Waals surface area contributed by atoms with E-state index in [1.54, 1.807) is 13.2 Å². The van der Waals surface area contributed by atoms with Crippen LogP contribution in [0.25, 0.3) is 0 Å². The van der Waals surface area contributed by atoms with Gasteiger partial charge in [0, 0.05) is 21.3 Å². The van der Waals surface area contributed by atoms with Crippen molar-refractivity contribution in [2.45, 2.75) is 76.9 Å². The summed E-state index contributed by atoms with van der Waals surface area (Å²) in [5.41, 5.74) is 0.927. The molecule has 1 saturated heterocycles. The highest BCUT2D eigenvalue weighted by Crippen LogP contribution is 2.37. The minimum absolute atomic E-state index is 0.0112. The quantitative estimate of drug-likeness (QED) is 0.172. The summed E-state index contributed by atoms with van der Waals surface area (Å²) in [4.78, 5) is 24.6. The fourth-order valence-corrected chi connectivity index (χ4v) is 4.88. The van der Waals surface area contributed by atoms with E-state index in [1.165, 1.54) is 7.11 Å². The third kappa shape index (κ3) is 8.43. The highest BCUT2D eigenvalue weighted by molar-refractivity contribution is 6.76. The third-order valence-electron chi connectivity index (χ3n) is 5.84. The Morgan fingerprint density at radius 1 is 1.24 bits per heavy atom. The van der Waals surface area contributed by atoms with E-state index in [0.29, 0.717) is 30.1 Å². The van der Waals surface area contributed by atoms with Gasteiger partial charge in [0.2, 0.25) is 0 Å². The monoisotopic (exact) mass is 480 g/mol. The molecule has 0 bridgehead atoms. The van der Waals surface area contributed by atoms with Crippen LogP contribution in [0.5, 0.6) is 11.5 Å². The number of benzene rings is 1. The van der Waals surface area contributed by atoms with E-state index in [2.05, 4.69) is 19.6 Å². The molecule has 0 N–H and O–H groups in total. The number of rotatable bonds is 13. The molecule has 1 heterocycles. The molecule has 1 aromatic rings. The number of methoxy groups -OCH3 is 2. The smallest absolute Gasteiger partial charge is 0.342 e. The van der Waals surface area contributed by atoms with Crippen LogP contribution >= 0.6 is 0 Å². The molecule has 0 saturated carbocycles. The number of hydrogen-bond donors (Lipinski definition) is 0. The molecular weight excluding hydrogens is 440 g/mol. The van der Waals surface area contributed by atoms with Gasteiger partial charge in [-0.1, -0.05) is 19.6 Å². The van der Waals surface area contributed by atoms with Gasteiger partial charge in [-0.25, -0.2) is 4.79 Å². The number of carbonyl (C=O) groups is 2. The predicted molar refractivity (Wildman–Crippen MR) is 130 cm³/mol. The lowest BCUT2D eigenvalue weighted by molar-refractivity contribution is -0.122. The van der Waals surface area contributed by atoms with Crippen molar-refractivity contribution < 1.29 is 33.3 Å². The lowest BCUT2D eigenvalue weighted by atomic mass is 9.89. The highest BCUT2D eigenvalue weighted by atomic mass is 28.3. The van der Waals surface area contributed by atoms with Crippen LogP contribution in [-0.4, -0.2) is 59.7 Å². The van der Waals surface area contributed by atoms with Gasteiger partial charge in [0.05, 0.1) is 19.3 Å². The maximum Gasteiger partial charge on any atom is 0.342 e. The van der Waals surface area contributed by atoms with E-state index in [1.807, 2.05) is 19.9 Å². The average Bonchev–Trinajstić information content (AvgIpc) is 3.04. The maximum atomic E-state index is 13.1. The van der Waals surface area contributed by atoms with Crippen molar-refractivity contribution in [2.24, 2.45) is 5.92 Å². The summed E-state index contributed by atoms with van der Waals surface area (Å²) in [6.45, 7) is 11.2. The van der Waals surface area contributed by atoms with Crippen LogP contribution in [0.4, 0.5) is 0 Å². The number of aryl methyl sites for hydroxylation is 1. The van der Waals surface area contributed by atoms with Crippen molar-refractivity contribution in [1.82, 2.24) is 0 Å². The molecule has 1 aliphatic heterocycles. The van der Waals surface area contributed by atoms with E-state index in [4.69, 9.17) is 23.7 Å². The van der Waals surface area contributed by atoms with Gasteiger partial charge in [-0.3, -0.25) is 0 Å². The van der Waals surface area contributed by atoms with Gasteiger partial charge in [0.15, 0.2) is 6.79 Å². The lowest BCUT2D eigenvalue weighted by Crippen LogP contribution is -2.23. The topological polar surface area (TPSA) is 80.3 Å². The molecule has 186 valence electrons. The van der Waals surface area contributed by atoms with Crippen LogP contribution in [0.15, 0.2) is 12.1 Å². The number of aldehydes is 1. The summed E-state index contributed by atoms with van der Waals surface area (Å²) >= 11 is 0. The van der Waals surface area contributed by atoms with E-state index >= 15 is 0 Å². The number of ether oxygens (including phenoxy) is 5. The fourth-order valence-electron chi connectivity index (χ4n) is 4.17. The molecule has 0 aromatic heterocycles. The molecule has 0 spiro atoms. The second kappa shape index (κ2) is 12.0. The molecule has 1 aromatic carbocycles. The minimum atomic E-state index is -1.33. The molecule has 1 aliphatic rings. The zero-order valence-electron chi connectivity index (χ0n) is 21.2. The molecule has 0 amide bonds. The predicted octanol–water partition coefficient (Wildman–Crippen LogP) is 4.88. The number of hydrogen-bond acceptors (Lipinski definition) is 7. The number of esters is 1. The molecule has 1 fully saturated rings. The first-order valence-electron chi connectivity index (χ1n) is 11.6. The number of carbonyl (C=O) groups excluding carboxylic acids is 2. The summed E-state index contributed by atoms with van der Waals surface area (Å²) in [7, 11) is 1.78. The van der Waals surface area contributed by atoms with Gasteiger partial charge in [-0.2, -0.15) is 0 Å². The van der Waals surface area contributed by atoms with E-state index < -0.39 is 14.0 Å². The van der Waals surface area contributed by atoms with Gasteiger partial charge in [0.1, 0.15) is 29.5 Å². The molecule has 1 unspecified atom stereocenters. The van der Waals surface area contributed by atoms with Crippen molar-refractivity contribution in [2.75, 3.05) is 27.6 Å². The summed E-state index contributed by atoms with van der Waals surface area (Å²) in [6, 6.07) is 4.44. The summed E-state index contributed by atoms with van der Waals surface area (Å²) < 4.78 is 27.7. The van der Waals surface area contributed by atoms with Crippen molar-refractivity contribution >= 4 is 20.3 Å². The fraction of sp³-hybridized carbons (Fsp3) is 0.680.